The molecular formula is C21H25N. The molecule has 1 heteroatoms. The van der Waals surface area contributed by atoms with Crippen LogP contribution in [0.2, 0.25) is 0 Å². The number of nitrogens with zero attached hydrogens (tertiary/aromatic N) is 1. The molecule has 1 aromatic rings. The maximum absolute atomic E-state index is 2.38. The molecule has 0 heterocycles. The first kappa shape index (κ1) is 15.1. The summed E-state index contributed by atoms with van der Waals surface area (Å²) in [4.78, 5) is 2.24. The van der Waals surface area contributed by atoms with Crippen molar-refractivity contribution < 1.29 is 0 Å². The Morgan fingerprint density at radius 2 is 1.95 bits per heavy atom. The van der Waals surface area contributed by atoms with Gasteiger partial charge in [-0.1, -0.05) is 60.2 Å². The molecule has 0 bridgehead atoms. The highest BCUT2D eigenvalue weighted by atomic mass is 15.0. The maximum atomic E-state index is 2.38. The molecule has 0 saturated heterocycles. The Balaban J connectivity index is 1.98. The summed E-state index contributed by atoms with van der Waals surface area (Å²) >= 11 is 0. The van der Waals surface area contributed by atoms with Gasteiger partial charge in [0.1, 0.15) is 0 Å². The molecule has 0 N–H and O–H groups in total. The Kier molecular flexibility index (Phi) is 4.74. The second kappa shape index (κ2) is 6.93. The third-order valence-electron chi connectivity index (χ3n) is 4.43. The van der Waals surface area contributed by atoms with E-state index in [1.165, 1.54) is 35.1 Å². The SMILES string of the molecule is CN(C)CC/C=C1/C=C\C2=C(CCC=C2)Cc2ccccc21. The molecule has 1 nitrogen and oxygen atoms in total. The molecule has 1 aromatic carbocycles. The van der Waals surface area contributed by atoms with Crippen LogP contribution in [0.1, 0.15) is 30.4 Å². The Hall–Kier alpha value is -1.86. The van der Waals surface area contributed by atoms with Crippen molar-refractivity contribution in [2.45, 2.75) is 25.7 Å². The second-order valence-corrected chi connectivity index (χ2v) is 6.42. The van der Waals surface area contributed by atoms with Crippen LogP contribution in [0, 0.1) is 0 Å². The second-order valence-electron chi connectivity index (χ2n) is 6.42. The van der Waals surface area contributed by atoms with Gasteiger partial charge < -0.3 is 4.90 Å². The number of hydrogen-bond donors (Lipinski definition) is 0. The predicted molar refractivity (Wildman–Crippen MR) is 95.8 cm³/mol. The first-order chi connectivity index (χ1) is 10.7. The summed E-state index contributed by atoms with van der Waals surface area (Å²) in [7, 11) is 4.26. The maximum Gasteiger partial charge on any atom is 0.00101 e. The van der Waals surface area contributed by atoms with Gasteiger partial charge >= 0.3 is 0 Å². The summed E-state index contributed by atoms with van der Waals surface area (Å²) < 4.78 is 0. The van der Waals surface area contributed by atoms with Crippen molar-refractivity contribution >= 4 is 5.57 Å². The van der Waals surface area contributed by atoms with Gasteiger partial charge in [-0.15, -0.1) is 0 Å². The third kappa shape index (κ3) is 3.48. The summed E-state index contributed by atoms with van der Waals surface area (Å²) in [5.74, 6) is 0. The van der Waals surface area contributed by atoms with Crippen LogP contribution in [0.3, 0.4) is 0 Å². The van der Waals surface area contributed by atoms with Crippen LogP contribution in [0.15, 0.2) is 65.8 Å². The Morgan fingerprint density at radius 3 is 2.82 bits per heavy atom. The summed E-state index contributed by atoms with van der Waals surface area (Å²) in [6.07, 6.45) is 16.1. The molecule has 0 amide bonds. The molecule has 0 spiro atoms. The lowest BCUT2D eigenvalue weighted by atomic mass is 9.85. The molecule has 2 aliphatic rings. The van der Waals surface area contributed by atoms with Crippen molar-refractivity contribution in [2.75, 3.05) is 20.6 Å². The quantitative estimate of drug-likeness (QED) is 0.774. The number of hydrogen-bond acceptors (Lipinski definition) is 1. The standard InChI is InChI=1S/C21H25N/c1-22(2)15-7-11-18-14-13-17-8-3-4-9-19(17)16-20-10-5-6-12-21(18)20/h3,5-6,8,10-14H,4,7,9,15-16H2,1-2H3/b14-13-,18-11-. The van der Waals surface area contributed by atoms with Gasteiger partial charge in [0.2, 0.25) is 0 Å². The monoisotopic (exact) mass is 291 g/mol. The van der Waals surface area contributed by atoms with Gasteiger partial charge in [0.15, 0.2) is 0 Å². The van der Waals surface area contributed by atoms with Crippen LogP contribution in [0.5, 0.6) is 0 Å². The van der Waals surface area contributed by atoms with Crippen molar-refractivity contribution in [3.05, 3.63) is 76.9 Å². The number of allylic oxidation sites excluding steroid dienone is 7. The van der Waals surface area contributed by atoms with Crippen LogP contribution >= 0.6 is 0 Å². The minimum absolute atomic E-state index is 1.09. The third-order valence-corrected chi connectivity index (χ3v) is 4.43. The van der Waals surface area contributed by atoms with Gasteiger partial charge in [-0.25, -0.2) is 0 Å². The van der Waals surface area contributed by atoms with Gasteiger partial charge in [0.25, 0.3) is 0 Å². The molecule has 0 radical (unpaired) electrons. The first-order valence-corrected chi connectivity index (χ1v) is 8.24. The van der Waals surface area contributed by atoms with E-state index in [0.717, 1.165) is 19.4 Å². The van der Waals surface area contributed by atoms with Crippen LogP contribution in [-0.4, -0.2) is 25.5 Å². The Morgan fingerprint density at radius 1 is 1.09 bits per heavy atom. The molecule has 2 aliphatic carbocycles. The molecule has 0 saturated carbocycles. The number of rotatable bonds is 3. The van der Waals surface area contributed by atoms with Gasteiger partial charge in [-0.2, -0.15) is 0 Å². The predicted octanol–water partition coefficient (Wildman–Crippen LogP) is 4.78. The van der Waals surface area contributed by atoms with Crippen LogP contribution in [-0.2, 0) is 6.42 Å². The lowest BCUT2D eigenvalue weighted by molar-refractivity contribution is 0.417. The fraction of sp³-hybridized carbons (Fsp3) is 0.333. The topological polar surface area (TPSA) is 3.24 Å². The molecule has 3 rings (SSSR count). The largest absolute Gasteiger partial charge is 0.309 e. The van der Waals surface area contributed by atoms with Crippen molar-refractivity contribution in [2.24, 2.45) is 0 Å². The fourth-order valence-electron chi connectivity index (χ4n) is 3.21. The smallest absolute Gasteiger partial charge is 0.00101 e. The van der Waals surface area contributed by atoms with E-state index < -0.39 is 0 Å². The van der Waals surface area contributed by atoms with Crippen LogP contribution < -0.4 is 0 Å². The summed E-state index contributed by atoms with van der Waals surface area (Å²) in [6.45, 7) is 1.09. The lowest BCUT2D eigenvalue weighted by Crippen LogP contribution is -2.12. The summed E-state index contributed by atoms with van der Waals surface area (Å²) in [5.41, 5.74) is 7.23. The van der Waals surface area contributed by atoms with Gasteiger partial charge in [0, 0.05) is 6.54 Å². The highest BCUT2D eigenvalue weighted by Crippen LogP contribution is 2.31. The van der Waals surface area contributed by atoms with Gasteiger partial charge in [-0.05, 0) is 62.1 Å². The van der Waals surface area contributed by atoms with Gasteiger partial charge in [0.05, 0.1) is 0 Å². The average molecular weight is 291 g/mol. The fourth-order valence-corrected chi connectivity index (χ4v) is 3.21. The molecule has 0 atom stereocenters. The van der Waals surface area contributed by atoms with E-state index in [2.05, 4.69) is 73.6 Å². The first-order valence-electron chi connectivity index (χ1n) is 8.24. The van der Waals surface area contributed by atoms with E-state index in [0.29, 0.717) is 0 Å². The molecule has 0 fully saturated rings. The highest BCUT2D eigenvalue weighted by molar-refractivity contribution is 5.78. The zero-order valence-electron chi connectivity index (χ0n) is 13.7. The summed E-state index contributed by atoms with van der Waals surface area (Å²) in [6, 6.07) is 8.88. The normalized spacial score (nSPS) is 20.6. The molecule has 22 heavy (non-hydrogen) atoms. The van der Waals surface area contributed by atoms with E-state index in [9.17, 15) is 0 Å². The van der Waals surface area contributed by atoms with E-state index in [1.54, 1.807) is 5.57 Å². The van der Waals surface area contributed by atoms with E-state index in [1.807, 2.05) is 0 Å². The Bertz CT molecular complexity index is 656. The minimum Gasteiger partial charge on any atom is -0.309 e. The van der Waals surface area contributed by atoms with Crippen LogP contribution in [0.25, 0.3) is 5.57 Å². The van der Waals surface area contributed by atoms with Gasteiger partial charge in [-0.3, -0.25) is 0 Å². The minimum atomic E-state index is 1.09. The highest BCUT2D eigenvalue weighted by Gasteiger charge is 2.14. The molecular weight excluding hydrogens is 266 g/mol. The molecule has 0 aromatic heterocycles. The van der Waals surface area contributed by atoms with E-state index >= 15 is 0 Å². The average Bonchev–Trinajstić information content (AvgIpc) is 2.50. The van der Waals surface area contributed by atoms with E-state index in [-0.39, 0.29) is 0 Å². The van der Waals surface area contributed by atoms with Crippen molar-refractivity contribution in [1.82, 2.24) is 4.90 Å². The Labute approximate surface area is 134 Å². The zero-order chi connectivity index (χ0) is 15.4. The number of fused-ring (bicyclic) bond motifs is 1. The summed E-state index contributed by atoms with van der Waals surface area (Å²) in [5, 5.41) is 0. The molecule has 0 aliphatic heterocycles. The van der Waals surface area contributed by atoms with Crippen molar-refractivity contribution in [3.63, 3.8) is 0 Å². The van der Waals surface area contributed by atoms with Crippen molar-refractivity contribution in [1.29, 1.82) is 0 Å². The zero-order valence-corrected chi connectivity index (χ0v) is 13.7. The molecule has 114 valence electrons. The van der Waals surface area contributed by atoms with Crippen LogP contribution in [0.4, 0.5) is 0 Å². The lowest BCUT2D eigenvalue weighted by Gasteiger charge is -2.20. The number of benzene rings is 1. The van der Waals surface area contributed by atoms with Crippen molar-refractivity contribution in [3.8, 4) is 0 Å². The van der Waals surface area contributed by atoms with E-state index in [4.69, 9.17) is 0 Å². The molecule has 0 unspecified atom stereocenters.